The molecule has 0 N–H and O–H groups in total. The molecule has 0 spiro atoms. The zero-order valence-electron chi connectivity index (χ0n) is 11.0. The summed E-state index contributed by atoms with van der Waals surface area (Å²) in [5.74, 6) is -0.528. The normalized spacial score (nSPS) is 11.9. The van der Waals surface area contributed by atoms with Gasteiger partial charge in [0.25, 0.3) is 0 Å². The van der Waals surface area contributed by atoms with Crippen LogP contribution in [-0.2, 0) is 13.9 Å². The first-order chi connectivity index (χ1) is 7.74. The van der Waals surface area contributed by atoms with E-state index in [9.17, 15) is 0 Å². The number of allylic oxidation sites excluding steroid dienone is 1. The van der Waals surface area contributed by atoms with Crippen LogP contribution in [0.4, 0.5) is 0 Å². The van der Waals surface area contributed by atoms with E-state index in [1.807, 2.05) is 6.08 Å². The van der Waals surface area contributed by atoms with Gasteiger partial charge in [0.1, 0.15) is 10.5 Å². The van der Waals surface area contributed by atoms with Crippen molar-refractivity contribution in [1.29, 1.82) is 0 Å². The van der Waals surface area contributed by atoms with Gasteiger partial charge in [0.15, 0.2) is 5.79 Å². The third-order valence-electron chi connectivity index (χ3n) is 2.82. The van der Waals surface area contributed by atoms with Crippen LogP contribution in [0.25, 0.3) is 0 Å². The summed E-state index contributed by atoms with van der Waals surface area (Å²) in [5.41, 5.74) is 0. The van der Waals surface area contributed by atoms with Crippen molar-refractivity contribution in [1.82, 2.24) is 0 Å². The lowest BCUT2D eigenvalue weighted by Gasteiger charge is -2.30. The van der Waals surface area contributed by atoms with E-state index in [1.54, 1.807) is 14.2 Å². The maximum Gasteiger partial charge on any atom is 0.189 e. The van der Waals surface area contributed by atoms with Gasteiger partial charge in [-0.3, -0.25) is 0 Å². The maximum atomic E-state index is 5.41. The van der Waals surface area contributed by atoms with Gasteiger partial charge >= 0.3 is 0 Å². The van der Waals surface area contributed by atoms with E-state index in [0.717, 1.165) is 29.7 Å². The highest BCUT2D eigenvalue weighted by molar-refractivity contribution is 5.97. The SMILES string of the molecule is C=CCCCCCCC(CO[SiH3])(OC)OC. The van der Waals surface area contributed by atoms with Crippen molar-refractivity contribution >= 4 is 10.5 Å². The van der Waals surface area contributed by atoms with Gasteiger partial charge in [-0.2, -0.15) is 0 Å². The molecule has 96 valence electrons. The lowest BCUT2D eigenvalue weighted by molar-refractivity contribution is -0.226. The Balaban J connectivity index is 3.71. The van der Waals surface area contributed by atoms with E-state index in [1.165, 1.54) is 19.3 Å². The molecule has 3 nitrogen and oxygen atoms in total. The van der Waals surface area contributed by atoms with Crippen LogP contribution in [0.15, 0.2) is 12.7 Å². The van der Waals surface area contributed by atoms with Crippen molar-refractivity contribution in [2.45, 2.75) is 44.3 Å². The first kappa shape index (κ1) is 15.8. The summed E-state index contributed by atoms with van der Waals surface area (Å²) in [6.07, 6.45) is 8.79. The Bertz CT molecular complexity index is 170. The predicted molar refractivity (Wildman–Crippen MR) is 70.5 cm³/mol. The molecule has 0 unspecified atom stereocenters. The monoisotopic (exact) mass is 246 g/mol. The van der Waals surface area contributed by atoms with Gasteiger partial charge in [0.2, 0.25) is 0 Å². The third kappa shape index (κ3) is 6.43. The Morgan fingerprint density at radius 1 is 1.12 bits per heavy atom. The molecule has 0 aromatic heterocycles. The van der Waals surface area contributed by atoms with Crippen molar-refractivity contribution < 1.29 is 13.9 Å². The molecule has 0 aliphatic rings. The molecule has 0 aromatic carbocycles. The minimum absolute atomic E-state index is 0.528. The molecule has 0 heterocycles. The van der Waals surface area contributed by atoms with Crippen LogP contribution in [0.5, 0.6) is 0 Å². The van der Waals surface area contributed by atoms with Gasteiger partial charge in [-0.1, -0.05) is 18.9 Å². The van der Waals surface area contributed by atoms with Crippen LogP contribution in [0.2, 0.25) is 0 Å². The van der Waals surface area contributed by atoms with Crippen LogP contribution in [0.3, 0.4) is 0 Å². The summed E-state index contributed by atoms with van der Waals surface area (Å²) in [5, 5.41) is 0. The summed E-state index contributed by atoms with van der Waals surface area (Å²) in [7, 11) is 4.08. The highest BCUT2D eigenvalue weighted by Gasteiger charge is 2.28. The molecular weight excluding hydrogens is 220 g/mol. The average molecular weight is 246 g/mol. The van der Waals surface area contributed by atoms with Crippen LogP contribution < -0.4 is 0 Å². The first-order valence-electron chi connectivity index (χ1n) is 5.95. The van der Waals surface area contributed by atoms with Crippen molar-refractivity contribution in [2.75, 3.05) is 20.8 Å². The average Bonchev–Trinajstić information content (AvgIpc) is 2.32. The Hall–Kier alpha value is -0.163. The predicted octanol–water partition coefficient (Wildman–Crippen LogP) is 1.80. The Morgan fingerprint density at radius 2 is 1.75 bits per heavy atom. The second kappa shape index (κ2) is 10.0. The minimum Gasteiger partial charge on any atom is -0.422 e. The highest BCUT2D eigenvalue weighted by Crippen LogP contribution is 2.20. The standard InChI is InChI=1S/C12H26O3Si/c1-4-5-6-7-8-9-10-12(13-2,14-3)11-15-16/h4H,1,5-11H2,2-3,16H3. The van der Waals surface area contributed by atoms with E-state index >= 15 is 0 Å². The van der Waals surface area contributed by atoms with E-state index in [-0.39, 0.29) is 0 Å². The van der Waals surface area contributed by atoms with Crippen LogP contribution >= 0.6 is 0 Å². The van der Waals surface area contributed by atoms with E-state index < -0.39 is 5.79 Å². The first-order valence-corrected chi connectivity index (χ1v) is 6.76. The van der Waals surface area contributed by atoms with Gasteiger partial charge in [0, 0.05) is 20.6 Å². The zero-order valence-corrected chi connectivity index (χ0v) is 13.0. The summed E-state index contributed by atoms with van der Waals surface area (Å²) < 4.78 is 16.1. The summed E-state index contributed by atoms with van der Waals surface area (Å²) >= 11 is 0. The summed E-state index contributed by atoms with van der Waals surface area (Å²) in [6, 6.07) is 0. The summed E-state index contributed by atoms with van der Waals surface area (Å²) in [6.45, 7) is 4.26. The number of methoxy groups -OCH3 is 2. The molecule has 0 amide bonds. The minimum atomic E-state index is -0.528. The van der Waals surface area contributed by atoms with Gasteiger partial charge in [0.05, 0.1) is 6.61 Å². The quantitative estimate of drug-likeness (QED) is 0.241. The molecule has 0 bridgehead atoms. The molecule has 0 rings (SSSR count). The van der Waals surface area contributed by atoms with E-state index in [2.05, 4.69) is 6.58 Å². The molecule has 0 saturated carbocycles. The lowest BCUT2D eigenvalue weighted by atomic mass is 10.1. The number of hydrogen-bond donors (Lipinski definition) is 0. The molecule has 4 heteroatoms. The van der Waals surface area contributed by atoms with Crippen molar-refractivity contribution in [3.63, 3.8) is 0 Å². The number of hydrogen-bond acceptors (Lipinski definition) is 3. The second-order valence-corrected chi connectivity index (χ2v) is 4.57. The third-order valence-corrected chi connectivity index (χ3v) is 3.11. The lowest BCUT2D eigenvalue weighted by Crippen LogP contribution is -2.38. The van der Waals surface area contributed by atoms with Crippen LogP contribution in [0, 0.1) is 0 Å². The smallest absolute Gasteiger partial charge is 0.189 e. The van der Waals surface area contributed by atoms with Crippen molar-refractivity contribution in [2.24, 2.45) is 0 Å². The van der Waals surface area contributed by atoms with Gasteiger partial charge in [-0.25, -0.2) is 0 Å². The molecule has 0 aliphatic carbocycles. The molecule has 0 atom stereocenters. The number of ether oxygens (including phenoxy) is 2. The Kier molecular flexibility index (Phi) is 9.92. The van der Waals surface area contributed by atoms with E-state index in [4.69, 9.17) is 13.9 Å². The molecule has 0 saturated heterocycles. The fourth-order valence-electron chi connectivity index (χ4n) is 1.73. The molecule has 0 aliphatic heterocycles. The van der Waals surface area contributed by atoms with Gasteiger partial charge in [-0.05, 0) is 19.3 Å². The Labute approximate surface area is 103 Å². The van der Waals surface area contributed by atoms with Crippen molar-refractivity contribution in [3.05, 3.63) is 12.7 Å². The fraction of sp³-hybridized carbons (Fsp3) is 0.833. The largest absolute Gasteiger partial charge is 0.422 e. The molecule has 0 aromatic rings. The van der Waals surface area contributed by atoms with Crippen molar-refractivity contribution in [3.8, 4) is 0 Å². The number of rotatable bonds is 11. The zero-order chi connectivity index (χ0) is 12.3. The maximum absolute atomic E-state index is 5.41. The topological polar surface area (TPSA) is 27.7 Å². The van der Waals surface area contributed by atoms with Crippen LogP contribution in [-0.4, -0.2) is 37.1 Å². The molecule has 0 radical (unpaired) electrons. The molecular formula is C12H26O3Si. The van der Waals surface area contributed by atoms with Crippen LogP contribution in [0.1, 0.15) is 38.5 Å². The Morgan fingerprint density at radius 3 is 2.25 bits per heavy atom. The molecule has 0 fully saturated rings. The number of unbranched alkanes of at least 4 members (excludes halogenated alkanes) is 4. The van der Waals surface area contributed by atoms with E-state index in [0.29, 0.717) is 6.61 Å². The highest BCUT2D eigenvalue weighted by atomic mass is 28.2. The van der Waals surface area contributed by atoms with Gasteiger partial charge in [-0.15, -0.1) is 6.58 Å². The fourth-order valence-corrected chi connectivity index (χ4v) is 2.17. The summed E-state index contributed by atoms with van der Waals surface area (Å²) in [4.78, 5) is 0. The molecule has 16 heavy (non-hydrogen) atoms. The second-order valence-electron chi connectivity index (χ2n) is 3.99. The van der Waals surface area contributed by atoms with Gasteiger partial charge < -0.3 is 13.9 Å².